The Morgan fingerprint density at radius 1 is 1.54 bits per heavy atom. The molecule has 2 atom stereocenters. The van der Waals surface area contributed by atoms with Gasteiger partial charge >= 0.3 is 0 Å². The van der Waals surface area contributed by atoms with Gasteiger partial charge in [-0.15, -0.1) is 6.42 Å². The first kappa shape index (κ1) is 10.3. The maximum Gasteiger partial charge on any atom is 0.107 e. The van der Waals surface area contributed by atoms with E-state index in [1.54, 1.807) is 0 Å². The maximum atomic E-state index is 5.30. The second-order valence-corrected chi connectivity index (χ2v) is 3.95. The molecule has 0 saturated carbocycles. The molecule has 0 aromatic heterocycles. The van der Waals surface area contributed by atoms with E-state index in [0.29, 0.717) is 6.61 Å². The van der Waals surface area contributed by atoms with E-state index in [2.05, 4.69) is 25.8 Å². The highest BCUT2D eigenvalue weighted by Crippen LogP contribution is 2.28. The number of terminal acetylenes is 1. The number of allylic oxidation sites excluding steroid dienone is 1. The van der Waals surface area contributed by atoms with Gasteiger partial charge in [-0.05, 0) is 30.3 Å². The summed E-state index contributed by atoms with van der Waals surface area (Å²) in [6, 6.07) is 0. The molecule has 0 aromatic carbocycles. The molecule has 0 aliphatic heterocycles. The van der Waals surface area contributed by atoms with Crippen molar-refractivity contribution < 1.29 is 4.74 Å². The Morgan fingerprint density at radius 2 is 2.31 bits per heavy atom. The third kappa shape index (κ3) is 3.24. The Bertz CT molecular complexity index is 222. The number of hydrogen-bond donors (Lipinski definition) is 0. The smallest absolute Gasteiger partial charge is 0.107 e. The van der Waals surface area contributed by atoms with Crippen molar-refractivity contribution in [3.63, 3.8) is 0 Å². The molecule has 1 heteroatoms. The van der Waals surface area contributed by atoms with Gasteiger partial charge in [0.05, 0.1) is 6.61 Å². The molecule has 0 fully saturated rings. The Balaban J connectivity index is 2.32. The average Bonchev–Trinajstić information content (AvgIpc) is 2.12. The first-order valence-electron chi connectivity index (χ1n) is 4.93. The Morgan fingerprint density at radius 3 is 2.92 bits per heavy atom. The molecule has 72 valence electrons. The number of ether oxygens (including phenoxy) is 1. The summed E-state index contributed by atoms with van der Waals surface area (Å²) in [5, 5.41) is 0. The first-order valence-corrected chi connectivity index (χ1v) is 4.93. The van der Waals surface area contributed by atoms with Crippen molar-refractivity contribution in [1.29, 1.82) is 0 Å². The lowest BCUT2D eigenvalue weighted by Crippen LogP contribution is -2.15. The minimum atomic E-state index is 0.432. The van der Waals surface area contributed by atoms with Crippen LogP contribution in [0.5, 0.6) is 0 Å². The van der Waals surface area contributed by atoms with Crippen LogP contribution in [0.15, 0.2) is 11.6 Å². The number of hydrogen-bond acceptors (Lipinski definition) is 1. The van der Waals surface area contributed by atoms with E-state index in [0.717, 1.165) is 18.4 Å². The molecule has 0 heterocycles. The summed E-state index contributed by atoms with van der Waals surface area (Å²) in [7, 11) is 0. The maximum absolute atomic E-state index is 5.30. The topological polar surface area (TPSA) is 9.23 Å². The average molecular weight is 178 g/mol. The standard InChI is InChI=1S/C12H18O/c1-4-7-13-9-12-6-5-10(2)11(3)8-12/h1,6,10-11H,5,7-9H2,2-3H3. The van der Waals surface area contributed by atoms with Crippen LogP contribution >= 0.6 is 0 Å². The minimum Gasteiger partial charge on any atom is -0.364 e. The summed E-state index contributed by atoms with van der Waals surface area (Å²) in [5.41, 5.74) is 1.42. The summed E-state index contributed by atoms with van der Waals surface area (Å²) in [6.45, 7) is 5.77. The molecular formula is C12H18O. The lowest BCUT2D eigenvalue weighted by Gasteiger charge is -2.25. The highest BCUT2D eigenvalue weighted by atomic mass is 16.5. The van der Waals surface area contributed by atoms with Gasteiger partial charge in [0, 0.05) is 0 Å². The van der Waals surface area contributed by atoms with E-state index >= 15 is 0 Å². The lowest BCUT2D eigenvalue weighted by atomic mass is 9.82. The Labute approximate surface area is 81.2 Å². The Kier molecular flexibility index (Phi) is 4.05. The Hall–Kier alpha value is -0.740. The molecule has 1 aliphatic carbocycles. The van der Waals surface area contributed by atoms with Crippen LogP contribution in [0.4, 0.5) is 0 Å². The fourth-order valence-corrected chi connectivity index (χ4v) is 1.64. The third-order valence-electron chi connectivity index (χ3n) is 2.81. The van der Waals surface area contributed by atoms with Gasteiger partial charge in [0.1, 0.15) is 6.61 Å². The third-order valence-corrected chi connectivity index (χ3v) is 2.81. The van der Waals surface area contributed by atoms with Crippen LogP contribution in [0.2, 0.25) is 0 Å². The fourth-order valence-electron chi connectivity index (χ4n) is 1.64. The second-order valence-electron chi connectivity index (χ2n) is 3.95. The van der Waals surface area contributed by atoms with Crippen LogP contribution in [-0.2, 0) is 4.74 Å². The quantitative estimate of drug-likeness (QED) is 0.367. The van der Waals surface area contributed by atoms with E-state index in [1.165, 1.54) is 18.4 Å². The zero-order chi connectivity index (χ0) is 9.68. The lowest BCUT2D eigenvalue weighted by molar-refractivity contribution is 0.182. The summed E-state index contributed by atoms with van der Waals surface area (Å²) in [4.78, 5) is 0. The highest BCUT2D eigenvalue weighted by molar-refractivity contribution is 5.08. The fraction of sp³-hybridized carbons (Fsp3) is 0.667. The van der Waals surface area contributed by atoms with Crippen LogP contribution in [0, 0.1) is 24.2 Å². The normalized spacial score (nSPS) is 27.9. The number of rotatable bonds is 3. The zero-order valence-corrected chi connectivity index (χ0v) is 8.55. The SMILES string of the molecule is C#CCOCC1=CCC(C)C(C)C1. The molecule has 1 rings (SSSR count). The van der Waals surface area contributed by atoms with Crippen LogP contribution in [0.25, 0.3) is 0 Å². The molecule has 0 aromatic rings. The largest absolute Gasteiger partial charge is 0.364 e. The van der Waals surface area contributed by atoms with Gasteiger partial charge in [-0.1, -0.05) is 25.8 Å². The van der Waals surface area contributed by atoms with Gasteiger partial charge in [-0.2, -0.15) is 0 Å². The van der Waals surface area contributed by atoms with Gasteiger partial charge < -0.3 is 4.74 Å². The van der Waals surface area contributed by atoms with E-state index < -0.39 is 0 Å². The van der Waals surface area contributed by atoms with Crippen LogP contribution < -0.4 is 0 Å². The van der Waals surface area contributed by atoms with Crippen molar-refractivity contribution in [1.82, 2.24) is 0 Å². The predicted octanol–water partition coefficient (Wildman–Crippen LogP) is 2.63. The van der Waals surface area contributed by atoms with Crippen LogP contribution in [0.1, 0.15) is 26.7 Å². The molecule has 1 aliphatic rings. The van der Waals surface area contributed by atoms with Gasteiger partial charge in [0.15, 0.2) is 0 Å². The predicted molar refractivity (Wildman–Crippen MR) is 55.3 cm³/mol. The highest BCUT2D eigenvalue weighted by Gasteiger charge is 2.17. The zero-order valence-electron chi connectivity index (χ0n) is 8.55. The molecule has 0 spiro atoms. The minimum absolute atomic E-state index is 0.432. The molecule has 2 unspecified atom stereocenters. The van der Waals surface area contributed by atoms with Crippen molar-refractivity contribution in [3.05, 3.63) is 11.6 Å². The summed E-state index contributed by atoms with van der Waals surface area (Å²) >= 11 is 0. The summed E-state index contributed by atoms with van der Waals surface area (Å²) < 4.78 is 5.30. The van der Waals surface area contributed by atoms with Crippen molar-refractivity contribution in [2.24, 2.45) is 11.8 Å². The van der Waals surface area contributed by atoms with E-state index in [-0.39, 0.29) is 0 Å². The first-order chi connectivity index (χ1) is 6.24. The molecule has 13 heavy (non-hydrogen) atoms. The van der Waals surface area contributed by atoms with Crippen molar-refractivity contribution in [3.8, 4) is 12.3 Å². The molecule has 0 amide bonds. The molecular weight excluding hydrogens is 160 g/mol. The summed E-state index contributed by atoms with van der Waals surface area (Å²) in [6.07, 6.45) is 9.77. The monoisotopic (exact) mass is 178 g/mol. The van der Waals surface area contributed by atoms with E-state index in [9.17, 15) is 0 Å². The van der Waals surface area contributed by atoms with Crippen LogP contribution in [-0.4, -0.2) is 13.2 Å². The molecule has 1 nitrogen and oxygen atoms in total. The molecule has 0 N–H and O–H groups in total. The van der Waals surface area contributed by atoms with E-state index in [4.69, 9.17) is 11.2 Å². The van der Waals surface area contributed by atoms with Gasteiger partial charge in [0.2, 0.25) is 0 Å². The molecule has 0 radical (unpaired) electrons. The van der Waals surface area contributed by atoms with Crippen molar-refractivity contribution in [2.45, 2.75) is 26.7 Å². The van der Waals surface area contributed by atoms with Gasteiger partial charge in [-0.3, -0.25) is 0 Å². The van der Waals surface area contributed by atoms with Gasteiger partial charge in [-0.25, -0.2) is 0 Å². The van der Waals surface area contributed by atoms with Crippen LogP contribution in [0.3, 0.4) is 0 Å². The van der Waals surface area contributed by atoms with Crippen molar-refractivity contribution >= 4 is 0 Å². The second kappa shape index (κ2) is 5.09. The molecule has 0 bridgehead atoms. The summed E-state index contributed by atoms with van der Waals surface area (Å²) in [5.74, 6) is 4.08. The van der Waals surface area contributed by atoms with Gasteiger partial charge in [0.25, 0.3) is 0 Å². The van der Waals surface area contributed by atoms with Crippen molar-refractivity contribution in [2.75, 3.05) is 13.2 Å². The molecule has 0 saturated heterocycles. The van der Waals surface area contributed by atoms with E-state index in [1.807, 2.05) is 0 Å².